The number of ether oxygens (including phenoxy) is 1. The average Bonchev–Trinajstić information content (AvgIpc) is 3.40. The van der Waals surface area contributed by atoms with Crippen LogP contribution in [-0.2, 0) is 10.3 Å². The number of halogens is 1. The first-order valence-corrected chi connectivity index (χ1v) is 12.8. The van der Waals surface area contributed by atoms with Crippen LogP contribution >= 0.6 is 11.6 Å². The lowest BCUT2D eigenvalue weighted by molar-refractivity contribution is -0.127. The van der Waals surface area contributed by atoms with Gasteiger partial charge in [0, 0.05) is 23.4 Å². The van der Waals surface area contributed by atoms with Crippen molar-refractivity contribution in [3.63, 3.8) is 0 Å². The lowest BCUT2D eigenvalue weighted by Crippen LogP contribution is -2.52. The number of methoxy groups -OCH3 is 1. The summed E-state index contributed by atoms with van der Waals surface area (Å²) in [5.41, 5.74) is 2.94. The van der Waals surface area contributed by atoms with Gasteiger partial charge in [0.25, 0.3) is 11.8 Å². The van der Waals surface area contributed by atoms with Crippen LogP contribution in [-0.4, -0.2) is 45.5 Å². The van der Waals surface area contributed by atoms with E-state index >= 15 is 0 Å². The molecule has 2 unspecified atom stereocenters. The number of nitrogens with one attached hydrogen (secondary N) is 1. The first-order chi connectivity index (χ1) is 16.9. The highest BCUT2D eigenvalue weighted by molar-refractivity contribution is 6.22. The second-order valence-corrected chi connectivity index (χ2v) is 10.7. The summed E-state index contributed by atoms with van der Waals surface area (Å²) < 4.78 is 7.43. The molecule has 2 fully saturated rings. The van der Waals surface area contributed by atoms with E-state index in [-0.39, 0.29) is 23.1 Å². The van der Waals surface area contributed by atoms with Gasteiger partial charge in [0.05, 0.1) is 18.2 Å². The minimum absolute atomic E-state index is 0.00437. The number of allylic oxidation sites excluding steroid dienone is 2. The summed E-state index contributed by atoms with van der Waals surface area (Å²) in [7, 11) is 1.62. The number of fused-ring (bicyclic) bond motifs is 4. The molecule has 7 nitrogen and oxygen atoms in total. The van der Waals surface area contributed by atoms with E-state index in [0.717, 1.165) is 36.2 Å². The van der Waals surface area contributed by atoms with Crippen LogP contribution in [0.1, 0.15) is 67.2 Å². The standard InChI is InChI=1S/C27H29ClN4O3/c1-15(2)24-22-23(30-32(24)20-9-4-5-10-21(20)35-3)25(33)31(14-16-7-6-8-16)27(22)18-12-11-17(28)13-19(18)29-26(27)34/h4-5,9-10,12-13,15-17H,6-8,11,14H2,1-3H3,(H,29,34). The number of alkyl halides is 1. The summed E-state index contributed by atoms with van der Waals surface area (Å²) in [4.78, 5) is 29.9. The zero-order valence-corrected chi connectivity index (χ0v) is 20.9. The van der Waals surface area contributed by atoms with Crippen LogP contribution in [0.4, 0.5) is 0 Å². The van der Waals surface area contributed by atoms with E-state index in [2.05, 4.69) is 19.2 Å². The van der Waals surface area contributed by atoms with E-state index < -0.39 is 5.54 Å². The van der Waals surface area contributed by atoms with Crippen molar-refractivity contribution < 1.29 is 14.3 Å². The van der Waals surface area contributed by atoms with Gasteiger partial charge in [-0.05, 0) is 49.3 Å². The van der Waals surface area contributed by atoms with Crippen molar-refractivity contribution in [2.24, 2.45) is 5.92 Å². The molecular formula is C27H29ClN4O3. The van der Waals surface area contributed by atoms with Gasteiger partial charge in [0.1, 0.15) is 11.4 Å². The van der Waals surface area contributed by atoms with Gasteiger partial charge in [0.15, 0.2) is 11.2 Å². The van der Waals surface area contributed by atoms with Crippen LogP contribution in [0.3, 0.4) is 0 Å². The summed E-state index contributed by atoms with van der Waals surface area (Å²) in [5, 5.41) is 7.75. The fraction of sp³-hybridized carbons (Fsp3) is 0.444. The molecule has 1 saturated carbocycles. The number of benzene rings is 1. The van der Waals surface area contributed by atoms with E-state index in [0.29, 0.717) is 41.6 Å². The van der Waals surface area contributed by atoms with Gasteiger partial charge in [0.2, 0.25) is 0 Å². The van der Waals surface area contributed by atoms with Crippen LogP contribution in [0.2, 0.25) is 0 Å². The molecule has 1 aromatic carbocycles. The SMILES string of the molecule is COc1ccccc1-n1nc2c(c1C(C)C)C1(C(=O)NC3=CC(Cl)CC=C31)N(CC1CCC1)C2=O. The molecule has 6 rings (SSSR count). The van der Waals surface area contributed by atoms with E-state index in [4.69, 9.17) is 21.4 Å². The second kappa shape index (κ2) is 7.98. The summed E-state index contributed by atoms with van der Waals surface area (Å²) in [5.74, 6) is 0.660. The molecule has 0 radical (unpaired) electrons. The van der Waals surface area contributed by atoms with Crippen LogP contribution in [0.5, 0.6) is 5.75 Å². The second-order valence-electron chi connectivity index (χ2n) is 10.2. The van der Waals surface area contributed by atoms with Crippen LogP contribution < -0.4 is 10.1 Å². The van der Waals surface area contributed by atoms with Crippen LogP contribution in [0.15, 0.2) is 47.7 Å². The van der Waals surface area contributed by atoms with Crippen molar-refractivity contribution in [3.05, 3.63) is 64.6 Å². The highest BCUT2D eigenvalue weighted by Crippen LogP contribution is 2.54. The van der Waals surface area contributed by atoms with Crippen LogP contribution in [0, 0.1) is 5.92 Å². The number of aromatic nitrogens is 2. The topological polar surface area (TPSA) is 76.5 Å². The third-order valence-electron chi connectivity index (χ3n) is 7.81. The Kier molecular flexibility index (Phi) is 5.11. The van der Waals surface area contributed by atoms with Gasteiger partial charge < -0.3 is 15.0 Å². The van der Waals surface area contributed by atoms with Crippen molar-refractivity contribution in [2.75, 3.05) is 13.7 Å². The van der Waals surface area contributed by atoms with Gasteiger partial charge in [-0.2, -0.15) is 5.10 Å². The van der Waals surface area contributed by atoms with Crippen LogP contribution in [0.25, 0.3) is 5.69 Å². The van der Waals surface area contributed by atoms with Crippen molar-refractivity contribution in [2.45, 2.75) is 56.4 Å². The number of carbonyl (C=O) groups is 2. The zero-order chi connectivity index (χ0) is 24.5. The minimum Gasteiger partial charge on any atom is -0.494 e. The molecule has 0 bridgehead atoms. The highest BCUT2D eigenvalue weighted by atomic mass is 35.5. The molecule has 1 spiro atoms. The van der Waals surface area contributed by atoms with E-state index in [1.807, 2.05) is 36.4 Å². The van der Waals surface area contributed by atoms with Gasteiger partial charge in [-0.25, -0.2) is 4.68 Å². The first kappa shape index (κ1) is 22.4. The maximum atomic E-state index is 14.1. The van der Waals surface area contributed by atoms with Crippen molar-refractivity contribution >= 4 is 23.4 Å². The number of nitrogens with zero attached hydrogens (tertiary/aromatic N) is 3. The van der Waals surface area contributed by atoms with Crippen molar-refractivity contribution in [3.8, 4) is 11.4 Å². The Hall–Kier alpha value is -3.06. The first-order valence-electron chi connectivity index (χ1n) is 12.3. The van der Waals surface area contributed by atoms with Crippen molar-refractivity contribution in [1.82, 2.24) is 20.0 Å². The molecule has 1 saturated heterocycles. The van der Waals surface area contributed by atoms with E-state index in [1.165, 1.54) is 0 Å². The minimum atomic E-state index is -1.23. The predicted octanol–water partition coefficient (Wildman–Crippen LogP) is 4.41. The molecule has 2 amide bonds. The number of amides is 2. The average molecular weight is 493 g/mol. The molecule has 8 heteroatoms. The zero-order valence-electron chi connectivity index (χ0n) is 20.2. The Morgan fingerprint density at radius 1 is 1.26 bits per heavy atom. The van der Waals surface area contributed by atoms with Gasteiger partial charge in [-0.15, -0.1) is 11.6 Å². The summed E-state index contributed by atoms with van der Waals surface area (Å²) in [6, 6.07) is 7.62. The molecule has 2 aliphatic heterocycles. The Morgan fingerprint density at radius 3 is 2.71 bits per heavy atom. The summed E-state index contributed by atoms with van der Waals surface area (Å²) in [6.07, 6.45) is 7.84. The fourth-order valence-electron chi connectivity index (χ4n) is 6.01. The monoisotopic (exact) mass is 492 g/mol. The molecule has 1 aromatic heterocycles. The third-order valence-corrected chi connectivity index (χ3v) is 8.12. The highest BCUT2D eigenvalue weighted by Gasteiger charge is 2.65. The normalized spacial score (nSPS) is 25.4. The molecule has 2 aromatic rings. The Morgan fingerprint density at radius 2 is 2.03 bits per heavy atom. The van der Waals surface area contributed by atoms with E-state index in [1.54, 1.807) is 16.7 Å². The molecule has 2 aliphatic carbocycles. The molecule has 2 atom stereocenters. The number of hydrogen-bond acceptors (Lipinski definition) is 4. The molecule has 1 N–H and O–H groups in total. The molecule has 3 heterocycles. The Labute approximate surface area is 209 Å². The lowest BCUT2D eigenvalue weighted by Gasteiger charge is -2.40. The van der Waals surface area contributed by atoms with Gasteiger partial charge in [-0.1, -0.05) is 38.5 Å². The number of hydrogen-bond donors (Lipinski definition) is 1. The predicted molar refractivity (Wildman–Crippen MR) is 133 cm³/mol. The number of para-hydroxylation sites is 2. The maximum Gasteiger partial charge on any atom is 0.276 e. The smallest absolute Gasteiger partial charge is 0.276 e. The fourth-order valence-corrected chi connectivity index (χ4v) is 6.22. The molecule has 35 heavy (non-hydrogen) atoms. The largest absolute Gasteiger partial charge is 0.494 e. The summed E-state index contributed by atoms with van der Waals surface area (Å²) >= 11 is 6.42. The Balaban J connectivity index is 1.63. The third kappa shape index (κ3) is 3.00. The Bertz CT molecular complexity index is 1310. The quantitative estimate of drug-likeness (QED) is 0.627. The van der Waals surface area contributed by atoms with Crippen molar-refractivity contribution in [1.29, 1.82) is 0 Å². The van der Waals surface area contributed by atoms with Gasteiger partial charge >= 0.3 is 0 Å². The number of rotatable bonds is 5. The molecule has 182 valence electrons. The molecule has 4 aliphatic rings. The van der Waals surface area contributed by atoms with E-state index in [9.17, 15) is 9.59 Å². The maximum absolute atomic E-state index is 14.1. The summed E-state index contributed by atoms with van der Waals surface area (Å²) in [6.45, 7) is 4.69. The van der Waals surface area contributed by atoms with Gasteiger partial charge in [-0.3, -0.25) is 9.59 Å². The number of carbonyl (C=O) groups excluding carboxylic acids is 2. The molecular weight excluding hydrogens is 464 g/mol. The lowest BCUT2D eigenvalue weighted by atomic mass is 9.78.